The van der Waals surface area contributed by atoms with Gasteiger partial charge >= 0.3 is 0 Å². The third-order valence-electron chi connectivity index (χ3n) is 1.51. The Morgan fingerprint density at radius 1 is 1.36 bits per heavy atom. The average molecular weight is 298 g/mol. The third-order valence-corrected chi connectivity index (χ3v) is 3.63. The second-order valence-corrected chi connectivity index (χ2v) is 4.21. The Hall–Kier alpha value is 0.470. The molecule has 0 aliphatic heterocycles. The van der Waals surface area contributed by atoms with E-state index in [0.29, 0.717) is 5.88 Å². The van der Waals surface area contributed by atoms with Crippen LogP contribution in [0.25, 0.3) is 0 Å². The second kappa shape index (κ2) is 3.92. The zero-order chi connectivity index (χ0) is 8.43. The quantitative estimate of drug-likeness (QED) is 0.680. The fraction of sp³-hybridized carbons (Fsp3) is 0.250. The van der Waals surface area contributed by atoms with Gasteiger partial charge in [-0.1, -0.05) is 37.9 Å². The highest BCUT2D eigenvalue weighted by Crippen LogP contribution is 2.29. The lowest BCUT2D eigenvalue weighted by Gasteiger charge is -2.05. The molecular formula is C8H7Br2Cl. The van der Waals surface area contributed by atoms with E-state index in [-0.39, 0.29) is 0 Å². The van der Waals surface area contributed by atoms with Crippen LogP contribution in [-0.2, 0) is 5.88 Å². The van der Waals surface area contributed by atoms with Gasteiger partial charge in [0.25, 0.3) is 0 Å². The molecule has 11 heavy (non-hydrogen) atoms. The van der Waals surface area contributed by atoms with Gasteiger partial charge in [-0.3, -0.25) is 0 Å². The molecule has 0 fully saturated rings. The largest absolute Gasteiger partial charge is 0.121 e. The van der Waals surface area contributed by atoms with E-state index >= 15 is 0 Å². The molecule has 0 heterocycles. The summed E-state index contributed by atoms with van der Waals surface area (Å²) in [6.07, 6.45) is 0. The van der Waals surface area contributed by atoms with Crippen LogP contribution in [0.3, 0.4) is 0 Å². The molecule has 1 aromatic carbocycles. The maximum absolute atomic E-state index is 5.75. The molecule has 0 saturated carbocycles. The van der Waals surface area contributed by atoms with Crippen LogP contribution in [0.4, 0.5) is 0 Å². The van der Waals surface area contributed by atoms with Gasteiger partial charge in [0.1, 0.15) is 0 Å². The first-order valence-corrected chi connectivity index (χ1v) is 5.28. The van der Waals surface area contributed by atoms with Gasteiger partial charge in [0, 0.05) is 14.8 Å². The first kappa shape index (κ1) is 9.56. The highest BCUT2D eigenvalue weighted by Gasteiger charge is 2.04. The zero-order valence-corrected chi connectivity index (χ0v) is 9.92. The van der Waals surface area contributed by atoms with Crippen LogP contribution < -0.4 is 0 Å². The Kier molecular flexibility index (Phi) is 3.41. The number of alkyl halides is 1. The minimum Gasteiger partial charge on any atom is -0.121 e. The molecule has 1 aromatic rings. The minimum atomic E-state index is 0.531. The summed E-state index contributed by atoms with van der Waals surface area (Å²) in [6, 6.07) is 4.06. The average Bonchev–Trinajstić information content (AvgIpc) is 1.99. The second-order valence-electron chi connectivity index (χ2n) is 2.29. The van der Waals surface area contributed by atoms with Gasteiger partial charge in [-0.05, 0) is 24.1 Å². The van der Waals surface area contributed by atoms with Crippen molar-refractivity contribution in [3.63, 3.8) is 0 Å². The molecule has 0 aliphatic carbocycles. The van der Waals surface area contributed by atoms with Crippen molar-refractivity contribution in [1.29, 1.82) is 0 Å². The van der Waals surface area contributed by atoms with Crippen molar-refractivity contribution in [1.82, 2.24) is 0 Å². The van der Waals surface area contributed by atoms with Crippen LogP contribution in [0, 0.1) is 6.92 Å². The Labute approximate surface area is 88.2 Å². The van der Waals surface area contributed by atoms with Crippen LogP contribution in [-0.4, -0.2) is 0 Å². The summed E-state index contributed by atoms with van der Waals surface area (Å²) in [4.78, 5) is 0. The lowest BCUT2D eigenvalue weighted by molar-refractivity contribution is 1.28. The molecule has 0 spiro atoms. The SMILES string of the molecule is Cc1ccc(Br)c(CCl)c1Br. The van der Waals surface area contributed by atoms with Crippen LogP contribution in [0.2, 0.25) is 0 Å². The van der Waals surface area contributed by atoms with Gasteiger partial charge in [0.05, 0.1) is 0 Å². The monoisotopic (exact) mass is 296 g/mol. The van der Waals surface area contributed by atoms with Crippen molar-refractivity contribution < 1.29 is 0 Å². The van der Waals surface area contributed by atoms with Crippen LogP contribution in [0.1, 0.15) is 11.1 Å². The third kappa shape index (κ3) is 1.98. The van der Waals surface area contributed by atoms with E-state index in [1.165, 1.54) is 5.56 Å². The van der Waals surface area contributed by atoms with Gasteiger partial charge in [-0.2, -0.15) is 0 Å². The summed E-state index contributed by atoms with van der Waals surface area (Å²) in [5.74, 6) is 0.531. The molecule has 0 bridgehead atoms. The first-order valence-electron chi connectivity index (χ1n) is 3.16. The number of benzene rings is 1. The summed E-state index contributed by atoms with van der Waals surface area (Å²) >= 11 is 12.7. The molecule has 1 rings (SSSR count). The van der Waals surface area contributed by atoms with Gasteiger partial charge in [0.2, 0.25) is 0 Å². The van der Waals surface area contributed by atoms with Gasteiger partial charge in [-0.25, -0.2) is 0 Å². The molecule has 0 aliphatic rings. The van der Waals surface area contributed by atoms with Crippen molar-refractivity contribution in [3.05, 3.63) is 32.2 Å². The molecule has 0 saturated heterocycles. The maximum Gasteiger partial charge on any atom is 0.0496 e. The summed E-state index contributed by atoms with van der Waals surface area (Å²) in [5.41, 5.74) is 2.33. The molecule has 0 aromatic heterocycles. The Bertz CT molecular complexity index is 271. The predicted molar refractivity (Wildman–Crippen MR) is 56.1 cm³/mol. The van der Waals surface area contributed by atoms with Gasteiger partial charge in [-0.15, -0.1) is 11.6 Å². The van der Waals surface area contributed by atoms with E-state index in [0.717, 1.165) is 14.5 Å². The van der Waals surface area contributed by atoms with E-state index in [2.05, 4.69) is 31.9 Å². The van der Waals surface area contributed by atoms with Crippen LogP contribution >= 0.6 is 43.5 Å². The zero-order valence-electron chi connectivity index (χ0n) is 6.00. The van der Waals surface area contributed by atoms with Crippen molar-refractivity contribution >= 4 is 43.5 Å². The van der Waals surface area contributed by atoms with E-state index in [1.54, 1.807) is 0 Å². The molecule has 0 nitrogen and oxygen atoms in total. The molecule has 0 amide bonds. The number of hydrogen-bond acceptors (Lipinski definition) is 0. The van der Waals surface area contributed by atoms with Crippen LogP contribution in [0.5, 0.6) is 0 Å². The summed E-state index contributed by atoms with van der Waals surface area (Å²) in [6.45, 7) is 2.05. The summed E-state index contributed by atoms with van der Waals surface area (Å²) < 4.78 is 2.16. The van der Waals surface area contributed by atoms with Crippen molar-refractivity contribution in [3.8, 4) is 0 Å². The molecule has 0 radical (unpaired) electrons. The lowest BCUT2D eigenvalue weighted by atomic mass is 10.2. The predicted octanol–water partition coefficient (Wildman–Crippen LogP) is 4.26. The Balaban J connectivity index is 3.29. The first-order chi connectivity index (χ1) is 5.16. The van der Waals surface area contributed by atoms with E-state index in [4.69, 9.17) is 11.6 Å². The highest BCUT2D eigenvalue weighted by atomic mass is 79.9. The maximum atomic E-state index is 5.75. The standard InChI is InChI=1S/C8H7Br2Cl/c1-5-2-3-7(9)6(4-11)8(5)10/h2-3H,4H2,1H3. The number of rotatable bonds is 1. The van der Waals surface area contributed by atoms with Gasteiger partial charge < -0.3 is 0 Å². The number of halogens is 3. The van der Waals surface area contributed by atoms with Gasteiger partial charge in [0.15, 0.2) is 0 Å². The minimum absolute atomic E-state index is 0.531. The Morgan fingerprint density at radius 2 is 2.00 bits per heavy atom. The fourth-order valence-corrected chi connectivity index (χ4v) is 2.66. The number of aryl methyl sites for hydroxylation is 1. The van der Waals surface area contributed by atoms with Crippen LogP contribution in [0.15, 0.2) is 21.1 Å². The molecule has 0 atom stereocenters. The smallest absolute Gasteiger partial charge is 0.0496 e. The summed E-state index contributed by atoms with van der Waals surface area (Å²) in [5, 5.41) is 0. The Morgan fingerprint density at radius 3 is 2.45 bits per heavy atom. The molecule has 0 unspecified atom stereocenters. The normalized spacial score (nSPS) is 10.2. The number of hydrogen-bond donors (Lipinski definition) is 0. The fourth-order valence-electron chi connectivity index (χ4n) is 0.837. The lowest BCUT2D eigenvalue weighted by Crippen LogP contribution is -1.86. The van der Waals surface area contributed by atoms with E-state index < -0.39 is 0 Å². The van der Waals surface area contributed by atoms with E-state index in [1.807, 2.05) is 19.1 Å². The molecule has 3 heteroatoms. The van der Waals surface area contributed by atoms with Crippen molar-refractivity contribution in [2.45, 2.75) is 12.8 Å². The van der Waals surface area contributed by atoms with E-state index in [9.17, 15) is 0 Å². The summed E-state index contributed by atoms with van der Waals surface area (Å²) in [7, 11) is 0. The van der Waals surface area contributed by atoms with Crippen molar-refractivity contribution in [2.24, 2.45) is 0 Å². The molecule has 0 N–H and O–H groups in total. The molecular weight excluding hydrogens is 291 g/mol. The highest BCUT2D eigenvalue weighted by molar-refractivity contribution is 9.11. The molecule has 60 valence electrons. The van der Waals surface area contributed by atoms with Crippen molar-refractivity contribution in [2.75, 3.05) is 0 Å². The topological polar surface area (TPSA) is 0 Å².